The molecule has 0 bridgehead atoms. The molecule has 0 spiro atoms. The van der Waals surface area contributed by atoms with E-state index in [1.807, 2.05) is 0 Å². The van der Waals surface area contributed by atoms with Crippen LogP contribution in [0.1, 0.15) is 12.2 Å². The van der Waals surface area contributed by atoms with Gasteiger partial charge in [0.15, 0.2) is 5.17 Å². The standard InChI is InChI=1S/C16H11BrN4O6S/c17-11-5-8(21(25)26)1-3-10(11)12-4-2-9(27-12)7-18-20-16-19-15(24)13(28-16)6-14(22)23/h1-5,7,13H,6H2,(H,22,23)(H,19,20,24)/p-1/b18-7-/t13-/m0/s1. The highest BCUT2D eigenvalue weighted by molar-refractivity contribution is 9.10. The lowest BCUT2D eigenvalue weighted by Crippen LogP contribution is -2.31. The van der Waals surface area contributed by atoms with Gasteiger partial charge in [0.2, 0.25) is 5.91 Å². The summed E-state index contributed by atoms with van der Waals surface area (Å²) in [7, 11) is 0. The Balaban J connectivity index is 1.69. The van der Waals surface area contributed by atoms with Crippen molar-refractivity contribution in [3.63, 3.8) is 0 Å². The fourth-order valence-electron chi connectivity index (χ4n) is 2.26. The Kier molecular flexibility index (Phi) is 5.90. The summed E-state index contributed by atoms with van der Waals surface area (Å²) in [5.41, 5.74) is 0.577. The highest BCUT2D eigenvalue weighted by atomic mass is 79.9. The number of carbonyl (C=O) groups is 2. The molecule has 0 aliphatic carbocycles. The maximum absolute atomic E-state index is 11.6. The molecule has 1 saturated heterocycles. The number of hydrogen-bond donors (Lipinski definition) is 1. The number of nitro groups is 1. The highest BCUT2D eigenvalue weighted by Crippen LogP contribution is 2.32. The van der Waals surface area contributed by atoms with Gasteiger partial charge in [-0.3, -0.25) is 14.9 Å². The average Bonchev–Trinajstić information content (AvgIpc) is 3.21. The summed E-state index contributed by atoms with van der Waals surface area (Å²) in [4.78, 5) is 32.5. The van der Waals surface area contributed by atoms with Crippen molar-refractivity contribution in [2.75, 3.05) is 0 Å². The van der Waals surface area contributed by atoms with Gasteiger partial charge in [-0.1, -0.05) is 11.8 Å². The van der Waals surface area contributed by atoms with Crippen molar-refractivity contribution < 1.29 is 24.0 Å². The third kappa shape index (κ3) is 4.64. The number of amides is 1. The molecule has 144 valence electrons. The maximum Gasteiger partial charge on any atom is 0.270 e. The molecule has 1 N–H and O–H groups in total. The van der Waals surface area contributed by atoms with Crippen LogP contribution in [-0.4, -0.2) is 33.4 Å². The van der Waals surface area contributed by atoms with E-state index in [0.717, 1.165) is 11.8 Å². The summed E-state index contributed by atoms with van der Waals surface area (Å²) in [5.74, 6) is -0.956. The quantitative estimate of drug-likeness (QED) is 0.387. The van der Waals surface area contributed by atoms with E-state index in [9.17, 15) is 24.8 Å². The fourth-order valence-corrected chi connectivity index (χ4v) is 3.73. The number of nitro benzene ring substituents is 1. The normalized spacial score (nSPS) is 18.0. The van der Waals surface area contributed by atoms with Gasteiger partial charge < -0.3 is 19.6 Å². The number of amidine groups is 1. The van der Waals surface area contributed by atoms with Crippen LogP contribution < -0.4 is 10.4 Å². The van der Waals surface area contributed by atoms with Gasteiger partial charge in [-0.25, -0.2) is 0 Å². The Hall–Kier alpha value is -2.99. The second-order valence-corrected chi connectivity index (χ2v) is 7.49. The van der Waals surface area contributed by atoms with Crippen LogP contribution in [0.15, 0.2) is 49.4 Å². The van der Waals surface area contributed by atoms with Crippen molar-refractivity contribution in [2.24, 2.45) is 10.2 Å². The molecule has 0 saturated carbocycles. The third-order valence-corrected chi connectivity index (χ3v) is 5.25. The van der Waals surface area contributed by atoms with Crippen molar-refractivity contribution in [2.45, 2.75) is 11.7 Å². The van der Waals surface area contributed by atoms with Gasteiger partial charge in [-0.2, -0.15) is 5.10 Å². The van der Waals surface area contributed by atoms with E-state index < -0.39 is 28.5 Å². The number of aliphatic carboxylic acids is 1. The molecule has 2 aromatic rings. The van der Waals surface area contributed by atoms with Gasteiger partial charge in [-0.15, -0.1) is 5.10 Å². The lowest BCUT2D eigenvalue weighted by Gasteiger charge is -2.04. The zero-order chi connectivity index (χ0) is 20.3. The van der Waals surface area contributed by atoms with Crippen molar-refractivity contribution >= 4 is 56.6 Å². The molecule has 10 nitrogen and oxygen atoms in total. The van der Waals surface area contributed by atoms with Gasteiger partial charge in [-0.05, 0) is 34.1 Å². The molecule has 1 aromatic heterocycles. The Bertz CT molecular complexity index is 1020. The minimum Gasteiger partial charge on any atom is -0.550 e. The zero-order valence-electron chi connectivity index (χ0n) is 13.8. The van der Waals surface area contributed by atoms with Crippen LogP contribution in [0.4, 0.5) is 5.69 Å². The first kappa shape index (κ1) is 19.8. The summed E-state index contributed by atoms with van der Waals surface area (Å²) >= 11 is 4.23. The van der Waals surface area contributed by atoms with E-state index in [2.05, 4.69) is 31.4 Å². The van der Waals surface area contributed by atoms with Gasteiger partial charge >= 0.3 is 0 Å². The number of nitrogens with zero attached hydrogens (tertiary/aromatic N) is 3. The molecule has 12 heteroatoms. The number of benzene rings is 1. The molecule has 1 aliphatic rings. The maximum atomic E-state index is 11.6. The van der Waals surface area contributed by atoms with Gasteiger partial charge in [0.1, 0.15) is 11.5 Å². The predicted molar refractivity (Wildman–Crippen MR) is 103 cm³/mol. The number of carboxylic acid groups (broad SMARTS) is 1. The Labute approximate surface area is 170 Å². The second kappa shape index (κ2) is 8.35. The molecule has 2 heterocycles. The molecule has 1 aromatic carbocycles. The minimum atomic E-state index is -1.32. The van der Waals surface area contributed by atoms with Crippen molar-refractivity contribution in [3.8, 4) is 11.3 Å². The van der Waals surface area contributed by atoms with Gasteiger partial charge in [0, 0.05) is 34.6 Å². The molecule has 0 radical (unpaired) electrons. The monoisotopic (exact) mass is 465 g/mol. The molecule has 1 amide bonds. The topological polar surface area (TPSA) is 150 Å². The van der Waals surface area contributed by atoms with Crippen LogP contribution in [0.5, 0.6) is 0 Å². The summed E-state index contributed by atoms with van der Waals surface area (Å²) < 4.78 is 6.12. The number of hydrogen-bond acceptors (Lipinski definition) is 9. The lowest BCUT2D eigenvalue weighted by molar-refractivity contribution is -0.384. The summed E-state index contributed by atoms with van der Waals surface area (Å²) in [6.07, 6.45) is 0.902. The van der Waals surface area contributed by atoms with E-state index >= 15 is 0 Å². The molecule has 28 heavy (non-hydrogen) atoms. The number of thioether (sulfide) groups is 1. The van der Waals surface area contributed by atoms with Gasteiger partial charge in [0.25, 0.3) is 5.69 Å². The Morgan fingerprint density at radius 3 is 2.86 bits per heavy atom. The molecule has 1 atom stereocenters. The number of furan rings is 1. The number of halogens is 1. The summed E-state index contributed by atoms with van der Waals surface area (Å²) in [6.45, 7) is 0. The van der Waals surface area contributed by atoms with Gasteiger partial charge in [0.05, 0.1) is 16.4 Å². The van der Waals surface area contributed by atoms with Crippen LogP contribution in [-0.2, 0) is 9.59 Å². The van der Waals surface area contributed by atoms with Crippen molar-refractivity contribution in [3.05, 3.63) is 50.7 Å². The average molecular weight is 466 g/mol. The molecular weight excluding hydrogens is 456 g/mol. The highest BCUT2D eigenvalue weighted by Gasteiger charge is 2.30. The van der Waals surface area contributed by atoms with Crippen LogP contribution in [0.2, 0.25) is 0 Å². The minimum absolute atomic E-state index is 0.0483. The van der Waals surface area contributed by atoms with E-state index in [1.54, 1.807) is 18.2 Å². The lowest BCUT2D eigenvalue weighted by atomic mass is 10.1. The zero-order valence-corrected chi connectivity index (χ0v) is 16.2. The first-order chi connectivity index (χ1) is 13.3. The Morgan fingerprint density at radius 2 is 2.18 bits per heavy atom. The Morgan fingerprint density at radius 1 is 1.39 bits per heavy atom. The number of non-ortho nitro benzene ring substituents is 1. The number of nitrogens with one attached hydrogen (secondary N) is 1. The van der Waals surface area contributed by atoms with Crippen LogP contribution >= 0.6 is 27.7 Å². The fraction of sp³-hybridized carbons (Fsp3) is 0.125. The molecular formula is C16H10BrN4O6S-. The number of rotatable bonds is 6. The SMILES string of the molecule is O=C([O-])C[C@@H]1S/C(=N\N=C/c2ccc(-c3ccc([N+](=O)[O-])cc3Br)o2)NC1=O. The van der Waals surface area contributed by atoms with Crippen molar-refractivity contribution in [1.82, 2.24) is 5.32 Å². The largest absolute Gasteiger partial charge is 0.550 e. The second-order valence-electron chi connectivity index (χ2n) is 5.44. The smallest absolute Gasteiger partial charge is 0.270 e. The first-order valence-electron chi connectivity index (χ1n) is 7.66. The number of carbonyl (C=O) groups excluding carboxylic acids is 2. The molecule has 3 rings (SSSR count). The van der Waals surface area contributed by atoms with Crippen LogP contribution in [0.3, 0.4) is 0 Å². The van der Waals surface area contributed by atoms with Crippen LogP contribution in [0, 0.1) is 10.1 Å². The first-order valence-corrected chi connectivity index (χ1v) is 9.33. The summed E-state index contributed by atoms with van der Waals surface area (Å²) in [6, 6.07) is 7.60. The number of carboxylic acids is 1. The molecule has 1 fully saturated rings. The van der Waals surface area contributed by atoms with E-state index in [-0.39, 0.29) is 10.9 Å². The molecule has 1 aliphatic heterocycles. The van der Waals surface area contributed by atoms with E-state index in [1.165, 1.54) is 18.3 Å². The predicted octanol–water partition coefficient (Wildman–Crippen LogP) is 1.68. The van der Waals surface area contributed by atoms with E-state index in [0.29, 0.717) is 21.6 Å². The summed E-state index contributed by atoms with van der Waals surface area (Å²) in [5, 5.41) is 30.8. The van der Waals surface area contributed by atoms with E-state index in [4.69, 9.17) is 4.42 Å². The third-order valence-electron chi connectivity index (χ3n) is 3.52. The van der Waals surface area contributed by atoms with Crippen LogP contribution in [0.25, 0.3) is 11.3 Å². The molecule has 0 unspecified atom stereocenters. The van der Waals surface area contributed by atoms with Crippen molar-refractivity contribution in [1.29, 1.82) is 0 Å².